The van der Waals surface area contributed by atoms with Crippen molar-refractivity contribution in [2.75, 3.05) is 59.5 Å². The van der Waals surface area contributed by atoms with Gasteiger partial charge in [0.1, 0.15) is 0 Å². The number of ether oxygens (including phenoxy) is 4. The molecule has 200 valence electrons. The minimum Gasteiger partial charge on any atom is -0.504 e. The molecule has 1 aliphatic heterocycles. The first-order chi connectivity index (χ1) is 18.4. The second kappa shape index (κ2) is 12.1. The third-order valence-corrected chi connectivity index (χ3v) is 7.01. The summed E-state index contributed by atoms with van der Waals surface area (Å²) in [5, 5.41) is 10.3. The largest absolute Gasteiger partial charge is 0.504 e. The van der Waals surface area contributed by atoms with Crippen LogP contribution in [0.1, 0.15) is 11.1 Å². The SMILES string of the molecule is COc1ccc(/C=C(/C(=O)N2CCN(c3ccc(Br)cc3)CC2)c2cc(OC)c(OC)c(OC)c2)cc1O. The molecule has 0 atom stereocenters. The van der Waals surface area contributed by atoms with E-state index < -0.39 is 0 Å². The maximum atomic E-state index is 14.0. The molecule has 0 aliphatic carbocycles. The van der Waals surface area contributed by atoms with Crippen LogP contribution in [0.4, 0.5) is 5.69 Å². The Morgan fingerprint density at radius 3 is 1.95 bits per heavy atom. The molecular weight excluding hydrogens is 552 g/mol. The first kappa shape index (κ1) is 27.2. The molecule has 1 N–H and O–H groups in total. The number of phenols is 1. The van der Waals surface area contributed by atoms with Crippen LogP contribution < -0.4 is 23.8 Å². The van der Waals surface area contributed by atoms with E-state index in [-0.39, 0.29) is 11.7 Å². The standard InChI is InChI=1S/C29H31BrN2O6/c1-35-25-10-5-19(16-24(25)33)15-23(20-17-26(36-2)28(38-4)27(18-20)37-3)29(34)32-13-11-31(12-14-32)22-8-6-21(30)7-9-22/h5-10,15-18,33H,11-14H2,1-4H3/b23-15+. The Hall–Kier alpha value is -3.85. The van der Waals surface area contributed by atoms with Crippen LogP contribution in [0.2, 0.25) is 0 Å². The number of carbonyl (C=O) groups excluding carboxylic acids is 1. The van der Waals surface area contributed by atoms with Crippen LogP contribution in [0.15, 0.2) is 59.1 Å². The molecule has 0 aromatic heterocycles. The highest BCUT2D eigenvalue weighted by atomic mass is 79.9. The van der Waals surface area contributed by atoms with Crippen molar-refractivity contribution >= 4 is 39.2 Å². The number of hydrogen-bond donors (Lipinski definition) is 1. The number of nitrogens with zero attached hydrogens (tertiary/aromatic N) is 2. The fourth-order valence-electron chi connectivity index (χ4n) is 4.46. The Kier molecular flexibility index (Phi) is 8.68. The van der Waals surface area contributed by atoms with Gasteiger partial charge in [-0.3, -0.25) is 4.79 Å². The molecule has 0 spiro atoms. The van der Waals surface area contributed by atoms with Gasteiger partial charge in [-0.05, 0) is 65.7 Å². The quantitative estimate of drug-likeness (QED) is 0.293. The number of phenolic OH excluding ortho intramolecular Hbond substituents is 1. The number of carbonyl (C=O) groups is 1. The van der Waals surface area contributed by atoms with Gasteiger partial charge in [0.15, 0.2) is 23.0 Å². The lowest BCUT2D eigenvalue weighted by Crippen LogP contribution is -2.49. The zero-order valence-corrected chi connectivity index (χ0v) is 23.4. The molecule has 1 saturated heterocycles. The van der Waals surface area contributed by atoms with E-state index in [9.17, 15) is 9.90 Å². The van der Waals surface area contributed by atoms with Crippen LogP contribution in [0, 0.1) is 0 Å². The molecule has 0 saturated carbocycles. The van der Waals surface area contributed by atoms with Gasteiger partial charge >= 0.3 is 0 Å². The van der Waals surface area contributed by atoms with E-state index in [1.165, 1.54) is 28.4 Å². The summed E-state index contributed by atoms with van der Waals surface area (Å²) in [4.78, 5) is 18.1. The highest BCUT2D eigenvalue weighted by Gasteiger charge is 2.26. The molecule has 3 aromatic rings. The maximum Gasteiger partial charge on any atom is 0.254 e. The summed E-state index contributed by atoms with van der Waals surface area (Å²) < 4.78 is 22.8. The highest BCUT2D eigenvalue weighted by molar-refractivity contribution is 9.10. The molecule has 0 bridgehead atoms. The summed E-state index contributed by atoms with van der Waals surface area (Å²) in [5.74, 6) is 1.53. The number of benzene rings is 3. The van der Waals surface area contributed by atoms with Crippen LogP contribution in [0.25, 0.3) is 11.6 Å². The fraction of sp³-hybridized carbons (Fsp3) is 0.276. The van der Waals surface area contributed by atoms with Gasteiger partial charge in [-0.1, -0.05) is 22.0 Å². The Labute approximate surface area is 231 Å². The first-order valence-corrected chi connectivity index (χ1v) is 12.9. The minimum atomic E-state index is -0.134. The summed E-state index contributed by atoms with van der Waals surface area (Å²) in [6.07, 6.45) is 1.75. The lowest BCUT2D eigenvalue weighted by molar-refractivity contribution is -0.125. The molecule has 4 rings (SSSR count). The number of anilines is 1. The van der Waals surface area contributed by atoms with Gasteiger partial charge in [-0.2, -0.15) is 0 Å². The van der Waals surface area contributed by atoms with Crippen molar-refractivity contribution in [2.24, 2.45) is 0 Å². The highest BCUT2D eigenvalue weighted by Crippen LogP contribution is 2.41. The summed E-state index contributed by atoms with van der Waals surface area (Å²) in [6.45, 7) is 2.54. The fourth-order valence-corrected chi connectivity index (χ4v) is 4.72. The van der Waals surface area contributed by atoms with Gasteiger partial charge in [0.25, 0.3) is 5.91 Å². The molecule has 1 fully saturated rings. The van der Waals surface area contributed by atoms with Crippen molar-refractivity contribution in [1.82, 2.24) is 4.90 Å². The zero-order valence-electron chi connectivity index (χ0n) is 21.9. The lowest BCUT2D eigenvalue weighted by Gasteiger charge is -2.36. The molecule has 1 heterocycles. The van der Waals surface area contributed by atoms with Crippen LogP contribution in [0.5, 0.6) is 28.7 Å². The van der Waals surface area contributed by atoms with Crippen LogP contribution in [-0.2, 0) is 4.79 Å². The van der Waals surface area contributed by atoms with Crippen LogP contribution in [0.3, 0.4) is 0 Å². The predicted molar refractivity (Wildman–Crippen MR) is 152 cm³/mol. The lowest BCUT2D eigenvalue weighted by atomic mass is 9.99. The zero-order chi connectivity index (χ0) is 27.2. The molecule has 3 aromatic carbocycles. The van der Waals surface area contributed by atoms with Crippen molar-refractivity contribution in [3.05, 3.63) is 70.2 Å². The van der Waals surface area contributed by atoms with Crippen molar-refractivity contribution in [2.45, 2.75) is 0 Å². The number of piperazine rings is 1. The molecule has 1 aliphatic rings. The van der Waals surface area contributed by atoms with E-state index >= 15 is 0 Å². The van der Waals surface area contributed by atoms with Crippen LogP contribution in [-0.4, -0.2) is 70.5 Å². The average Bonchev–Trinajstić information content (AvgIpc) is 2.95. The summed E-state index contributed by atoms with van der Waals surface area (Å²) >= 11 is 3.48. The molecule has 8 nitrogen and oxygen atoms in total. The van der Waals surface area contributed by atoms with Gasteiger partial charge in [0, 0.05) is 41.9 Å². The monoisotopic (exact) mass is 582 g/mol. The van der Waals surface area contributed by atoms with E-state index in [0.717, 1.165) is 10.2 Å². The maximum absolute atomic E-state index is 14.0. The summed E-state index contributed by atoms with van der Waals surface area (Å²) in [5.41, 5.74) is 2.81. The third-order valence-electron chi connectivity index (χ3n) is 6.48. The second-order valence-electron chi connectivity index (χ2n) is 8.66. The molecule has 1 amide bonds. The van der Waals surface area contributed by atoms with Crippen molar-refractivity contribution < 1.29 is 28.8 Å². The Morgan fingerprint density at radius 1 is 0.816 bits per heavy atom. The smallest absolute Gasteiger partial charge is 0.254 e. The van der Waals surface area contributed by atoms with Gasteiger partial charge in [0.2, 0.25) is 5.75 Å². The number of methoxy groups -OCH3 is 4. The van der Waals surface area contributed by atoms with E-state index in [4.69, 9.17) is 18.9 Å². The van der Waals surface area contributed by atoms with Crippen molar-refractivity contribution in [1.29, 1.82) is 0 Å². The second-order valence-corrected chi connectivity index (χ2v) is 9.57. The molecule has 9 heteroatoms. The first-order valence-electron chi connectivity index (χ1n) is 12.1. The molecular formula is C29H31BrN2O6. The normalized spacial score (nSPS) is 13.8. The minimum absolute atomic E-state index is 0.0129. The summed E-state index contributed by atoms with van der Waals surface area (Å²) in [6, 6.07) is 16.7. The van der Waals surface area contributed by atoms with E-state index in [1.54, 1.807) is 36.4 Å². The van der Waals surface area contributed by atoms with Gasteiger partial charge in [0.05, 0.1) is 28.4 Å². The van der Waals surface area contributed by atoms with E-state index in [2.05, 4.69) is 33.0 Å². The predicted octanol–water partition coefficient (Wildman–Crippen LogP) is 5.08. The molecule has 0 radical (unpaired) electrons. The van der Waals surface area contributed by atoms with E-state index in [1.807, 2.05) is 17.0 Å². The number of halogens is 1. The number of aromatic hydroxyl groups is 1. The van der Waals surface area contributed by atoms with E-state index in [0.29, 0.717) is 65.9 Å². The Balaban J connectivity index is 1.69. The third kappa shape index (κ3) is 5.83. The van der Waals surface area contributed by atoms with Gasteiger partial charge in [-0.25, -0.2) is 0 Å². The molecule has 0 unspecified atom stereocenters. The average molecular weight is 583 g/mol. The van der Waals surface area contributed by atoms with Gasteiger partial charge < -0.3 is 33.9 Å². The van der Waals surface area contributed by atoms with Crippen LogP contribution >= 0.6 is 15.9 Å². The number of hydrogen-bond acceptors (Lipinski definition) is 7. The van der Waals surface area contributed by atoms with Gasteiger partial charge in [-0.15, -0.1) is 0 Å². The van der Waals surface area contributed by atoms with Crippen molar-refractivity contribution in [3.8, 4) is 28.7 Å². The Bertz CT molecular complexity index is 1290. The summed E-state index contributed by atoms with van der Waals surface area (Å²) in [7, 11) is 6.10. The van der Waals surface area contributed by atoms with Crippen molar-refractivity contribution in [3.63, 3.8) is 0 Å². The molecule has 38 heavy (non-hydrogen) atoms. The number of amides is 1. The topological polar surface area (TPSA) is 80.7 Å². The number of rotatable bonds is 8. The Morgan fingerprint density at radius 2 is 1.42 bits per heavy atom.